The molecule has 1 unspecified atom stereocenters. The number of aliphatic imine (C=N–C) groups is 1. The van der Waals surface area contributed by atoms with Crippen LogP contribution in [0.1, 0.15) is 33.6 Å². The van der Waals surface area contributed by atoms with Crippen LogP contribution in [0.3, 0.4) is 0 Å². The molecule has 1 atom stereocenters. The Morgan fingerprint density at radius 2 is 1.96 bits per heavy atom. The van der Waals surface area contributed by atoms with Gasteiger partial charge in [0.25, 0.3) is 0 Å². The quantitative estimate of drug-likeness (QED) is 0.565. The largest absolute Gasteiger partial charge is 0.489 e. The normalized spacial score (nSPS) is 16.6. The van der Waals surface area contributed by atoms with Gasteiger partial charge < -0.3 is 25.0 Å². The lowest BCUT2D eigenvalue weighted by atomic mass is 10.1. The number of guanidine groups is 1. The minimum absolute atomic E-state index is 0.0199. The van der Waals surface area contributed by atoms with Crippen molar-refractivity contribution in [3.8, 4) is 5.75 Å². The van der Waals surface area contributed by atoms with Crippen molar-refractivity contribution in [3.05, 3.63) is 30.3 Å². The number of benzene rings is 1. The standard InChI is InChI=1S/C20H32N4O3/c1-4-21-19(22-15-16(3)27-18-9-7-6-8-10-18)23-17-11-13-24(14-12-17)20(25)26-5-2/h6-10,16-17H,4-5,11-15H2,1-3H3,(H2,21,22,23). The number of para-hydroxylation sites is 1. The Bertz CT molecular complexity index is 586. The first-order valence-corrected chi connectivity index (χ1v) is 9.80. The Morgan fingerprint density at radius 3 is 2.59 bits per heavy atom. The van der Waals surface area contributed by atoms with Gasteiger partial charge in [-0.1, -0.05) is 18.2 Å². The fourth-order valence-corrected chi connectivity index (χ4v) is 2.92. The van der Waals surface area contributed by atoms with E-state index in [-0.39, 0.29) is 12.2 Å². The Balaban J connectivity index is 1.80. The molecule has 7 heteroatoms. The zero-order valence-electron chi connectivity index (χ0n) is 16.6. The molecule has 1 aliphatic heterocycles. The number of amides is 1. The van der Waals surface area contributed by atoms with Gasteiger partial charge in [0.2, 0.25) is 0 Å². The maximum Gasteiger partial charge on any atom is 0.409 e. The molecule has 0 aliphatic carbocycles. The highest BCUT2D eigenvalue weighted by Crippen LogP contribution is 2.12. The van der Waals surface area contributed by atoms with E-state index in [2.05, 4.69) is 15.6 Å². The number of rotatable bonds is 7. The summed E-state index contributed by atoms with van der Waals surface area (Å²) in [4.78, 5) is 18.2. The van der Waals surface area contributed by atoms with Crippen LogP contribution >= 0.6 is 0 Å². The third-order valence-corrected chi connectivity index (χ3v) is 4.29. The topological polar surface area (TPSA) is 75.2 Å². The third kappa shape index (κ3) is 7.37. The van der Waals surface area contributed by atoms with Gasteiger partial charge in [-0.2, -0.15) is 0 Å². The number of hydrogen-bond donors (Lipinski definition) is 2. The zero-order valence-corrected chi connectivity index (χ0v) is 16.6. The fourth-order valence-electron chi connectivity index (χ4n) is 2.92. The Morgan fingerprint density at radius 1 is 1.26 bits per heavy atom. The van der Waals surface area contributed by atoms with E-state index in [9.17, 15) is 4.79 Å². The van der Waals surface area contributed by atoms with E-state index in [4.69, 9.17) is 9.47 Å². The maximum absolute atomic E-state index is 11.8. The molecule has 0 bridgehead atoms. The van der Waals surface area contributed by atoms with Crippen molar-refractivity contribution in [3.63, 3.8) is 0 Å². The summed E-state index contributed by atoms with van der Waals surface area (Å²) in [7, 11) is 0. The van der Waals surface area contributed by atoms with Gasteiger partial charge >= 0.3 is 6.09 Å². The Kier molecular flexibility index (Phi) is 8.74. The number of ether oxygens (including phenoxy) is 2. The maximum atomic E-state index is 11.8. The second kappa shape index (κ2) is 11.3. The van der Waals surface area contributed by atoms with Gasteiger partial charge in [0.15, 0.2) is 5.96 Å². The first-order valence-electron chi connectivity index (χ1n) is 9.80. The molecular weight excluding hydrogens is 344 g/mol. The average molecular weight is 377 g/mol. The second-order valence-electron chi connectivity index (χ2n) is 6.57. The highest BCUT2D eigenvalue weighted by atomic mass is 16.6. The highest BCUT2D eigenvalue weighted by molar-refractivity contribution is 5.80. The molecule has 1 amide bonds. The van der Waals surface area contributed by atoms with E-state index >= 15 is 0 Å². The van der Waals surface area contributed by atoms with Gasteiger partial charge in [-0.3, -0.25) is 0 Å². The van der Waals surface area contributed by atoms with E-state index < -0.39 is 0 Å². The molecule has 0 radical (unpaired) electrons. The van der Waals surface area contributed by atoms with Crippen LogP contribution in [-0.4, -0.2) is 61.9 Å². The smallest absolute Gasteiger partial charge is 0.409 e. The summed E-state index contributed by atoms with van der Waals surface area (Å²) in [5.74, 6) is 1.64. The molecule has 0 spiro atoms. The molecular formula is C20H32N4O3. The second-order valence-corrected chi connectivity index (χ2v) is 6.57. The van der Waals surface area contributed by atoms with Crippen molar-refractivity contribution in [2.45, 2.75) is 45.8 Å². The van der Waals surface area contributed by atoms with Gasteiger partial charge in [-0.25, -0.2) is 9.79 Å². The van der Waals surface area contributed by atoms with E-state index in [0.717, 1.165) is 31.1 Å². The van der Waals surface area contributed by atoms with Gasteiger partial charge in [-0.15, -0.1) is 0 Å². The summed E-state index contributed by atoms with van der Waals surface area (Å²) < 4.78 is 10.9. The van der Waals surface area contributed by atoms with Crippen molar-refractivity contribution in [2.24, 2.45) is 4.99 Å². The number of carbonyl (C=O) groups is 1. The molecule has 1 aliphatic rings. The molecule has 0 aromatic heterocycles. The first-order chi connectivity index (χ1) is 13.1. The van der Waals surface area contributed by atoms with E-state index in [1.165, 1.54) is 0 Å². The van der Waals surface area contributed by atoms with Gasteiger partial charge in [0.1, 0.15) is 11.9 Å². The van der Waals surface area contributed by atoms with E-state index in [1.54, 1.807) is 4.90 Å². The number of nitrogens with one attached hydrogen (secondary N) is 2. The number of carbonyl (C=O) groups excluding carboxylic acids is 1. The summed E-state index contributed by atoms with van der Waals surface area (Å²) in [5, 5.41) is 6.75. The lowest BCUT2D eigenvalue weighted by molar-refractivity contribution is 0.0963. The van der Waals surface area contributed by atoms with Crippen molar-refractivity contribution in [2.75, 3.05) is 32.8 Å². The van der Waals surface area contributed by atoms with Gasteiger partial charge in [0, 0.05) is 25.7 Å². The van der Waals surface area contributed by atoms with Gasteiger partial charge in [0.05, 0.1) is 13.2 Å². The summed E-state index contributed by atoms with van der Waals surface area (Å²) in [6.07, 6.45) is 1.51. The van der Waals surface area contributed by atoms with Gasteiger partial charge in [-0.05, 0) is 45.7 Å². The molecule has 2 rings (SSSR count). The molecule has 0 saturated carbocycles. The Labute approximate surface area is 162 Å². The number of likely N-dealkylation sites (tertiary alicyclic amines) is 1. The van der Waals surface area contributed by atoms with Crippen molar-refractivity contribution in [1.82, 2.24) is 15.5 Å². The zero-order chi connectivity index (χ0) is 19.5. The summed E-state index contributed by atoms with van der Waals surface area (Å²) >= 11 is 0. The molecule has 1 aromatic rings. The molecule has 1 heterocycles. The molecule has 27 heavy (non-hydrogen) atoms. The SMILES string of the molecule is CCNC(=NCC(C)Oc1ccccc1)NC1CCN(C(=O)OCC)CC1. The van der Waals surface area contributed by atoms with Crippen LogP contribution < -0.4 is 15.4 Å². The van der Waals surface area contributed by atoms with Crippen molar-refractivity contribution < 1.29 is 14.3 Å². The number of nitrogens with zero attached hydrogens (tertiary/aromatic N) is 2. The summed E-state index contributed by atoms with van der Waals surface area (Å²) in [6, 6.07) is 10.1. The van der Waals surface area contributed by atoms with Crippen molar-refractivity contribution in [1.29, 1.82) is 0 Å². The van der Waals surface area contributed by atoms with Crippen LogP contribution in [0.5, 0.6) is 5.75 Å². The van der Waals surface area contributed by atoms with Crippen molar-refractivity contribution >= 4 is 12.1 Å². The summed E-state index contributed by atoms with van der Waals surface area (Å²) in [5.41, 5.74) is 0. The predicted molar refractivity (Wildman–Crippen MR) is 107 cm³/mol. The molecule has 2 N–H and O–H groups in total. The van der Waals surface area contributed by atoms with Crippen LogP contribution in [0, 0.1) is 0 Å². The van der Waals surface area contributed by atoms with Crippen LogP contribution in [-0.2, 0) is 4.74 Å². The van der Waals surface area contributed by atoms with Crippen LogP contribution in [0.25, 0.3) is 0 Å². The Hall–Kier alpha value is -2.44. The number of piperidine rings is 1. The number of hydrogen-bond acceptors (Lipinski definition) is 4. The lowest BCUT2D eigenvalue weighted by Crippen LogP contribution is -2.50. The van der Waals surface area contributed by atoms with E-state index in [0.29, 0.717) is 32.3 Å². The monoisotopic (exact) mass is 376 g/mol. The highest BCUT2D eigenvalue weighted by Gasteiger charge is 2.24. The minimum atomic E-state index is -0.219. The van der Waals surface area contributed by atoms with Crippen LogP contribution in [0.4, 0.5) is 4.79 Å². The fraction of sp³-hybridized carbons (Fsp3) is 0.600. The first kappa shape index (κ1) is 20.9. The molecule has 7 nitrogen and oxygen atoms in total. The minimum Gasteiger partial charge on any atom is -0.489 e. The van der Waals surface area contributed by atoms with Crippen LogP contribution in [0.15, 0.2) is 35.3 Å². The molecule has 1 aromatic carbocycles. The molecule has 150 valence electrons. The summed E-state index contributed by atoms with van der Waals surface area (Å²) in [6.45, 7) is 9.05. The average Bonchev–Trinajstić information content (AvgIpc) is 2.68. The van der Waals surface area contributed by atoms with E-state index in [1.807, 2.05) is 51.1 Å². The molecule has 1 fully saturated rings. The lowest BCUT2D eigenvalue weighted by Gasteiger charge is -2.32. The predicted octanol–water partition coefficient (Wildman–Crippen LogP) is 2.63. The molecule has 1 saturated heterocycles. The third-order valence-electron chi connectivity index (χ3n) is 4.29. The van der Waals surface area contributed by atoms with Crippen LogP contribution in [0.2, 0.25) is 0 Å².